The van der Waals surface area contributed by atoms with E-state index in [9.17, 15) is 4.79 Å². The monoisotopic (exact) mass is 218 g/mol. The number of amides is 1. The summed E-state index contributed by atoms with van der Waals surface area (Å²) >= 11 is 1.62. The molecule has 1 heterocycles. The van der Waals surface area contributed by atoms with Crippen molar-refractivity contribution in [1.82, 2.24) is 10.3 Å². The Morgan fingerprint density at radius 1 is 1.33 bits per heavy atom. The maximum atomic E-state index is 10.1. The van der Waals surface area contributed by atoms with Gasteiger partial charge in [-0.2, -0.15) is 0 Å². The third-order valence-electron chi connectivity index (χ3n) is 2.02. The van der Waals surface area contributed by atoms with Crippen molar-refractivity contribution in [2.75, 3.05) is 0 Å². The summed E-state index contributed by atoms with van der Waals surface area (Å²) in [5, 5.41) is 5.60. The summed E-state index contributed by atoms with van der Waals surface area (Å²) in [4.78, 5) is 14.3. The van der Waals surface area contributed by atoms with Gasteiger partial charge in [-0.05, 0) is 5.56 Å². The Hall–Kier alpha value is -1.68. The highest BCUT2D eigenvalue weighted by molar-refractivity contribution is 7.13. The van der Waals surface area contributed by atoms with Gasteiger partial charge in [0, 0.05) is 23.7 Å². The van der Waals surface area contributed by atoms with Crippen molar-refractivity contribution in [3.63, 3.8) is 0 Å². The zero-order valence-corrected chi connectivity index (χ0v) is 8.83. The molecule has 1 aromatic carbocycles. The second kappa shape index (κ2) is 4.70. The van der Waals surface area contributed by atoms with Gasteiger partial charge < -0.3 is 5.32 Å². The summed E-state index contributed by atoms with van der Waals surface area (Å²) in [6.45, 7) is 0.571. The van der Waals surface area contributed by atoms with Crippen LogP contribution in [0.25, 0.3) is 10.6 Å². The first-order valence-electron chi connectivity index (χ1n) is 4.56. The number of hydrogen-bond donors (Lipinski definition) is 1. The van der Waals surface area contributed by atoms with Gasteiger partial charge in [0.05, 0.1) is 0 Å². The number of benzene rings is 1. The molecule has 0 bridgehead atoms. The van der Waals surface area contributed by atoms with Crippen molar-refractivity contribution in [1.29, 1.82) is 0 Å². The quantitative estimate of drug-likeness (QED) is 0.798. The van der Waals surface area contributed by atoms with Crippen LogP contribution in [0.3, 0.4) is 0 Å². The van der Waals surface area contributed by atoms with E-state index >= 15 is 0 Å². The highest BCUT2D eigenvalue weighted by atomic mass is 32.1. The van der Waals surface area contributed by atoms with Crippen molar-refractivity contribution in [3.05, 3.63) is 41.4 Å². The lowest BCUT2D eigenvalue weighted by molar-refractivity contribution is -0.109. The molecule has 0 saturated heterocycles. The van der Waals surface area contributed by atoms with Crippen LogP contribution in [0.4, 0.5) is 0 Å². The van der Waals surface area contributed by atoms with E-state index in [0.29, 0.717) is 13.0 Å². The van der Waals surface area contributed by atoms with E-state index in [1.165, 1.54) is 0 Å². The van der Waals surface area contributed by atoms with Gasteiger partial charge in [-0.25, -0.2) is 4.98 Å². The standard InChI is InChI=1S/C11H10N2OS/c14-8-12-7-9-1-3-10(4-2-9)11-13-5-6-15-11/h1-6,8H,7H2,(H,12,14). The molecule has 15 heavy (non-hydrogen) atoms. The van der Waals surface area contributed by atoms with Crippen LogP contribution in [-0.2, 0) is 11.3 Å². The first-order valence-corrected chi connectivity index (χ1v) is 5.44. The van der Waals surface area contributed by atoms with Crippen molar-refractivity contribution in [2.45, 2.75) is 6.54 Å². The highest BCUT2D eigenvalue weighted by Crippen LogP contribution is 2.21. The number of carbonyl (C=O) groups is 1. The Morgan fingerprint density at radius 3 is 2.73 bits per heavy atom. The number of carbonyl (C=O) groups excluding carboxylic acids is 1. The fourth-order valence-corrected chi connectivity index (χ4v) is 1.94. The first-order chi connectivity index (χ1) is 7.40. The number of nitrogens with one attached hydrogen (secondary N) is 1. The molecule has 0 unspecified atom stereocenters. The van der Waals surface area contributed by atoms with Crippen LogP contribution in [0.5, 0.6) is 0 Å². The molecule has 4 heteroatoms. The Kier molecular flexibility index (Phi) is 3.09. The summed E-state index contributed by atoms with van der Waals surface area (Å²) in [7, 11) is 0. The first kappa shape index (κ1) is 9.86. The third kappa shape index (κ3) is 2.41. The van der Waals surface area contributed by atoms with Crippen LogP contribution < -0.4 is 5.32 Å². The minimum atomic E-state index is 0.571. The van der Waals surface area contributed by atoms with Crippen molar-refractivity contribution >= 4 is 17.7 Å². The Morgan fingerprint density at radius 2 is 2.13 bits per heavy atom. The molecule has 0 atom stereocenters. The number of aromatic nitrogens is 1. The summed E-state index contributed by atoms with van der Waals surface area (Å²) in [6.07, 6.45) is 2.50. The maximum absolute atomic E-state index is 10.1. The molecule has 0 aliphatic carbocycles. The average Bonchev–Trinajstić information content (AvgIpc) is 2.80. The average molecular weight is 218 g/mol. The molecule has 2 rings (SSSR count). The molecule has 0 aliphatic heterocycles. The molecule has 0 spiro atoms. The number of nitrogens with zero attached hydrogens (tertiary/aromatic N) is 1. The molecule has 0 aliphatic rings. The largest absolute Gasteiger partial charge is 0.355 e. The summed E-state index contributed by atoms with van der Waals surface area (Å²) in [5.41, 5.74) is 2.20. The van der Waals surface area contributed by atoms with E-state index in [4.69, 9.17) is 0 Å². The van der Waals surface area contributed by atoms with Crippen LogP contribution >= 0.6 is 11.3 Å². The summed E-state index contributed by atoms with van der Waals surface area (Å²) in [5.74, 6) is 0. The number of rotatable bonds is 4. The van der Waals surface area contributed by atoms with Gasteiger partial charge in [0.2, 0.25) is 6.41 Å². The third-order valence-corrected chi connectivity index (χ3v) is 2.84. The fraction of sp³-hybridized carbons (Fsp3) is 0.0909. The zero-order chi connectivity index (χ0) is 10.5. The fourth-order valence-electron chi connectivity index (χ4n) is 1.29. The molecule has 76 valence electrons. The second-order valence-corrected chi connectivity index (χ2v) is 3.93. The summed E-state index contributed by atoms with van der Waals surface area (Å²) < 4.78 is 0. The van der Waals surface area contributed by atoms with E-state index in [1.807, 2.05) is 29.6 Å². The summed E-state index contributed by atoms with van der Waals surface area (Å²) in [6, 6.07) is 8.02. The SMILES string of the molecule is O=CNCc1ccc(-c2nccs2)cc1. The normalized spacial score (nSPS) is 9.87. The lowest BCUT2D eigenvalue weighted by Crippen LogP contribution is -2.09. The molecule has 1 N–H and O–H groups in total. The molecular formula is C11H10N2OS. The molecule has 1 aromatic heterocycles. The maximum Gasteiger partial charge on any atom is 0.207 e. The van der Waals surface area contributed by atoms with Crippen LogP contribution in [0.15, 0.2) is 35.8 Å². The van der Waals surface area contributed by atoms with Crippen molar-refractivity contribution < 1.29 is 4.79 Å². The van der Waals surface area contributed by atoms with E-state index < -0.39 is 0 Å². The molecule has 0 fully saturated rings. The van der Waals surface area contributed by atoms with Gasteiger partial charge in [0.15, 0.2) is 0 Å². The highest BCUT2D eigenvalue weighted by Gasteiger charge is 1.99. The van der Waals surface area contributed by atoms with Crippen molar-refractivity contribution in [2.24, 2.45) is 0 Å². The van der Waals surface area contributed by atoms with E-state index in [2.05, 4.69) is 10.3 Å². The molecule has 0 saturated carbocycles. The lowest BCUT2D eigenvalue weighted by atomic mass is 10.1. The van der Waals surface area contributed by atoms with E-state index in [1.54, 1.807) is 17.5 Å². The minimum Gasteiger partial charge on any atom is -0.355 e. The van der Waals surface area contributed by atoms with Crippen LogP contribution in [0, 0.1) is 0 Å². The topological polar surface area (TPSA) is 42.0 Å². The van der Waals surface area contributed by atoms with E-state index in [-0.39, 0.29) is 0 Å². The van der Waals surface area contributed by atoms with E-state index in [0.717, 1.165) is 16.1 Å². The van der Waals surface area contributed by atoms with Crippen LogP contribution in [-0.4, -0.2) is 11.4 Å². The molecule has 3 nitrogen and oxygen atoms in total. The molecule has 1 amide bonds. The van der Waals surface area contributed by atoms with Crippen LogP contribution in [0.2, 0.25) is 0 Å². The smallest absolute Gasteiger partial charge is 0.207 e. The number of thiazole rings is 1. The van der Waals surface area contributed by atoms with Crippen LogP contribution in [0.1, 0.15) is 5.56 Å². The van der Waals surface area contributed by atoms with Gasteiger partial charge in [-0.3, -0.25) is 4.79 Å². The zero-order valence-electron chi connectivity index (χ0n) is 8.01. The molecular weight excluding hydrogens is 208 g/mol. The minimum absolute atomic E-state index is 0.571. The van der Waals surface area contributed by atoms with Gasteiger partial charge in [0.1, 0.15) is 5.01 Å². The Labute approximate surface area is 91.8 Å². The lowest BCUT2D eigenvalue weighted by Gasteiger charge is -2.00. The second-order valence-electron chi connectivity index (χ2n) is 3.03. The Bertz CT molecular complexity index is 422. The number of hydrogen-bond acceptors (Lipinski definition) is 3. The van der Waals surface area contributed by atoms with Gasteiger partial charge in [-0.15, -0.1) is 11.3 Å². The van der Waals surface area contributed by atoms with Gasteiger partial charge in [-0.1, -0.05) is 24.3 Å². The van der Waals surface area contributed by atoms with Gasteiger partial charge >= 0.3 is 0 Å². The molecule has 2 aromatic rings. The predicted molar refractivity (Wildman–Crippen MR) is 60.5 cm³/mol. The van der Waals surface area contributed by atoms with Crippen molar-refractivity contribution in [3.8, 4) is 10.6 Å². The van der Waals surface area contributed by atoms with Gasteiger partial charge in [0.25, 0.3) is 0 Å². The predicted octanol–water partition coefficient (Wildman–Crippen LogP) is 2.06. The Balaban J connectivity index is 2.14. The molecule has 0 radical (unpaired) electrons.